The van der Waals surface area contributed by atoms with Crippen LogP contribution in [0.25, 0.3) is 0 Å². The highest BCUT2D eigenvalue weighted by Gasteiger charge is 2.39. The molecule has 4 rings (SSSR count). The number of anilines is 1. The average Bonchev–Trinajstić information content (AvgIpc) is 3.09. The molecule has 0 radical (unpaired) electrons. The Labute approximate surface area is 153 Å². The van der Waals surface area contributed by atoms with Gasteiger partial charge in [-0.25, -0.2) is 0 Å². The molecule has 0 bridgehead atoms. The summed E-state index contributed by atoms with van der Waals surface area (Å²) in [7, 11) is 0. The number of hydrogen-bond acceptors (Lipinski definition) is 4. The number of nitrogens with one attached hydrogen (secondary N) is 1. The number of phenols is 2. The Morgan fingerprint density at radius 3 is 2.81 bits per heavy atom. The summed E-state index contributed by atoms with van der Waals surface area (Å²) in [6, 6.07) is 10.9. The van der Waals surface area contributed by atoms with E-state index in [4.69, 9.17) is 4.74 Å². The van der Waals surface area contributed by atoms with Crippen LogP contribution in [0.4, 0.5) is 5.69 Å². The first-order valence-corrected chi connectivity index (χ1v) is 8.89. The molecule has 0 saturated carbocycles. The number of hydrogen-bond donors (Lipinski definition) is 3. The van der Waals surface area contributed by atoms with Crippen molar-refractivity contribution >= 4 is 5.69 Å². The smallest absolute Gasteiger partial charge is 0.124 e. The van der Waals surface area contributed by atoms with Crippen molar-refractivity contribution in [3.63, 3.8) is 0 Å². The van der Waals surface area contributed by atoms with Crippen molar-refractivity contribution in [2.75, 3.05) is 11.9 Å². The van der Waals surface area contributed by atoms with Crippen molar-refractivity contribution in [2.45, 2.75) is 25.3 Å². The molecule has 2 aliphatic rings. The maximum absolute atomic E-state index is 10.3. The summed E-state index contributed by atoms with van der Waals surface area (Å²) in [5, 5.41) is 23.5. The molecule has 4 heteroatoms. The minimum absolute atomic E-state index is 0.00899. The van der Waals surface area contributed by atoms with Gasteiger partial charge in [-0.3, -0.25) is 0 Å². The topological polar surface area (TPSA) is 61.7 Å². The summed E-state index contributed by atoms with van der Waals surface area (Å²) in [5.74, 6) is 1.63. The van der Waals surface area contributed by atoms with Crippen LogP contribution in [0.15, 0.2) is 60.7 Å². The van der Waals surface area contributed by atoms with Crippen molar-refractivity contribution < 1.29 is 14.9 Å². The van der Waals surface area contributed by atoms with E-state index in [2.05, 4.69) is 30.1 Å². The lowest BCUT2D eigenvalue weighted by molar-refractivity contribution is 0.350. The molecule has 0 saturated heterocycles. The monoisotopic (exact) mass is 349 g/mol. The molecule has 0 aromatic heterocycles. The summed E-state index contributed by atoms with van der Waals surface area (Å²) in [5.41, 5.74) is 4.08. The van der Waals surface area contributed by atoms with Crippen LogP contribution < -0.4 is 10.1 Å². The van der Waals surface area contributed by atoms with Gasteiger partial charge in [-0.05, 0) is 60.7 Å². The number of fused-ring (bicyclic) bond motifs is 3. The van der Waals surface area contributed by atoms with Gasteiger partial charge in [0.15, 0.2) is 0 Å². The van der Waals surface area contributed by atoms with E-state index in [1.54, 1.807) is 12.1 Å². The molecule has 0 spiro atoms. The fraction of sp³-hybridized carbons (Fsp3) is 0.273. The number of aromatic hydroxyl groups is 2. The maximum atomic E-state index is 10.3. The first-order valence-electron chi connectivity index (χ1n) is 8.89. The van der Waals surface area contributed by atoms with Gasteiger partial charge in [0.25, 0.3) is 0 Å². The predicted molar refractivity (Wildman–Crippen MR) is 103 cm³/mol. The standard InChI is InChI=1S/C22H23NO3/c1-13(2)12-26-15-7-9-20-19(11-15)16-4-3-5-17(16)22(23-20)18-8-6-14(24)10-21(18)25/h3-4,6-11,16-17,22-25H,1,5,12H2,2H3. The Balaban J connectivity index is 1.69. The molecule has 0 amide bonds. The Morgan fingerprint density at radius 2 is 2.04 bits per heavy atom. The molecule has 3 atom stereocenters. The molecule has 2 aromatic carbocycles. The number of phenolic OH excluding ortho intramolecular Hbond substituents is 2. The Hall–Kier alpha value is -2.88. The van der Waals surface area contributed by atoms with E-state index < -0.39 is 0 Å². The molecule has 4 nitrogen and oxygen atoms in total. The van der Waals surface area contributed by atoms with Crippen LogP contribution >= 0.6 is 0 Å². The van der Waals surface area contributed by atoms with Gasteiger partial charge in [0.2, 0.25) is 0 Å². The van der Waals surface area contributed by atoms with E-state index in [1.165, 1.54) is 11.6 Å². The Kier molecular flexibility index (Phi) is 4.11. The lowest BCUT2D eigenvalue weighted by atomic mass is 9.77. The van der Waals surface area contributed by atoms with Gasteiger partial charge in [0.1, 0.15) is 23.9 Å². The average molecular weight is 349 g/mol. The highest BCUT2D eigenvalue weighted by atomic mass is 16.5. The molecule has 134 valence electrons. The van der Waals surface area contributed by atoms with Gasteiger partial charge in [-0.1, -0.05) is 18.7 Å². The van der Waals surface area contributed by atoms with Crippen LogP contribution in [0.2, 0.25) is 0 Å². The van der Waals surface area contributed by atoms with Gasteiger partial charge in [-0.2, -0.15) is 0 Å². The quantitative estimate of drug-likeness (QED) is 0.689. The van der Waals surface area contributed by atoms with Crippen LogP contribution in [0.1, 0.15) is 36.4 Å². The van der Waals surface area contributed by atoms with E-state index in [9.17, 15) is 10.2 Å². The molecule has 1 aliphatic heterocycles. The third-order valence-electron chi connectivity index (χ3n) is 5.17. The van der Waals surface area contributed by atoms with Crippen LogP contribution in [-0.2, 0) is 0 Å². The first-order chi connectivity index (χ1) is 12.5. The largest absolute Gasteiger partial charge is 0.508 e. The predicted octanol–water partition coefficient (Wildman–Crippen LogP) is 4.88. The molecule has 1 aliphatic carbocycles. The second kappa shape index (κ2) is 6.45. The lowest BCUT2D eigenvalue weighted by Gasteiger charge is -2.37. The summed E-state index contributed by atoms with van der Waals surface area (Å²) in [6.07, 6.45) is 5.40. The zero-order valence-corrected chi connectivity index (χ0v) is 14.8. The summed E-state index contributed by atoms with van der Waals surface area (Å²) < 4.78 is 5.81. The summed E-state index contributed by atoms with van der Waals surface area (Å²) in [4.78, 5) is 0. The van der Waals surface area contributed by atoms with Crippen LogP contribution in [0.3, 0.4) is 0 Å². The molecule has 1 heterocycles. The second-order valence-corrected chi connectivity index (χ2v) is 7.21. The maximum Gasteiger partial charge on any atom is 0.124 e. The fourth-order valence-corrected chi connectivity index (χ4v) is 3.97. The summed E-state index contributed by atoms with van der Waals surface area (Å²) in [6.45, 7) is 6.34. The third kappa shape index (κ3) is 2.92. The molecule has 3 unspecified atom stereocenters. The second-order valence-electron chi connectivity index (χ2n) is 7.21. The van der Waals surface area contributed by atoms with Gasteiger partial charge < -0.3 is 20.3 Å². The fourth-order valence-electron chi connectivity index (χ4n) is 3.97. The van der Waals surface area contributed by atoms with Gasteiger partial charge in [0.05, 0.1) is 6.04 Å². The van der Waals surface area contributed by atoms with E-state index >= 15 is 0 Å². The highest BCUT2D eigenvalue weighted by molar-refractivity contribution is 5.62. The number of allylic oxidation sites excluding steroid dienone is 2. The minimum Gasteiger partial charge on any atom is -0.508 e. The van der Waals surface area contributed by atoms with E-state index in [0.717, 1.165) is 29.0 Å². The van der Waals surface area contributed by atoms with Crippen molar-refractivity contribution in [3.05, 3.63) is 71.8 Å². The van der Waals surface area contributed by atoms with E-state index in [0.29, 0.717) is 12.5 Å². The van der Waals surface area contributed by atoms with Crippen molar-refractivity contribution in [1.29, 1.82) is 0 Å². The number of rotatable bonds is 4. The van der Waals surface area contributed by atoms with Gasteiger partial charge >= 0.3 is 0 Å². The Morgan fingerprint density at radius 1 is 1.19 bits per heavy atom. The zero-order valence-electron chi connectivity index (χ0n) is 14.8. The Bertz CT molecular complexity index is 887. The normalized spacial score (nSPS) is 23.0. The van der Waals surface area contributed by atoms with Crippen LogP contribution in [0.5, 0.6) is 17.2 Å². The van der Waals surface area contributed by atoms with E-state index in [-0.39, 0.29) is 23.5 Å². The summed E-state index contributed by atoms with van der Waals surface area (Å²) >= 11 is 0. The molecule has 2 aromatic rings. The van der Waals surface area contributed by atoms with Crippen molar-refractivity contribution in [1.82, 2.24) is 0 Å². The zero-order chi connectivity index (χ0) is 18.3. The van der Waals surface area contributed by atoms with Crippen LogP contribution in [0, 0.1) is 5.92 Å². The van der Waals surface area contributed by atoms with Crippen molar-refractivity contribution in [3.8, 4) is 17.2 Å². The molecular formula is C22H23NO3. The molecule has 3 N–H and O–H groups in total. The molecular weight excluding hydrogens is 326 g/mol. The molecule has 0 fully saturated rings. The minimum atomic E-state index is -0.00899. The van der Waals surface area contributed by atoms with E-state index in [1.807, 2.05) is 19.1 Å². The SMILES string of the molecule is C=C(C)COc1ccc2c(c1)C1C=CCC1C(c1ccc(O)cc1O)N2. The highest BCUT2D eigenvalue weighted by Crippen LogP contribution is 2.51. The first kappa shape index (κ1) is 16.6. The number of ether oxygens (including phenoxy) is 1. The van der Waals surface area contributed by atoms with Crippen LogP contribution in [-0.4, -0.2) is 16.8 Å². The third-order valence-corrected chi connectivity index (χ3v) is 5.17. The number of benzene rings is 2. The van der Waals surface area contributed by atoms with Gasteiger partial charge in [-0.15, -0.1) is 0 Å². The van der Waals surface area contributed by atoms with Gasteiger partial charge in [0, 0.05) is 23.2 Å². The molecule has 26 heavy (non-hydrogen) atoms. The lowest BCUT2D eigenvalue weighted by Crippen LogP contribution is -2.29. The van der Waals surface area contributed by atoms with Crippen molar-refractivity contribution in [2.24, 2.45) is 5.92 Å².